The number of carbonyl (C=O) groups excluding carboxylic acids is 2. The molecule has 0 saturated carbocycles. The van der Waals surface area contributed by atoms with Gasteiger partial charge in [0.2, 0.25) is 0 Å². The van der Waals surface area contributed by atoms with Crippen molar-refractivity contribution >= 4 is 50.5 Å². The van der Waals surface area contributed by atoms with E-state index in [-0.39, 0.29) is 10.6 Å². The van der Waals surface area contributed by atoms with E-state index in [1.807, 2.05) is 0 Å². The van der Waals surface area contributed by atoms with Crippen LogP contribution < -0.4 is 10.1 Å². The van der Waals surface area contributed by atoms with Gasteiger partial charge in [-0.05, 0) is 30.3 Å². The molecule has 1 saturated heterocycles. The molecule has 0 spiro atoms. The highest BCUT2D eigenvalue weighted by molar-refractivity contribution is 7.91. The summed E-state index contributed by atoms with van der Waals surface area (Å²) in [4.78, 5) is 24.6. The number of ether oxygens (including phenoxy) is 3. The van der Waals surface area contributed by atoms with Gasteiger partial charge in [0.15, 0.2) is 6.61 Å². The molecule has 1 aromatic heterocycles. The number of esters is 1. The smallest absolute Gasteiger partial charge is 0.311 e. The number of benzene rings is 1. The number of nitrogens with one attached hydrogen (secondary N) is 1. The van der Waals surface area contributed by atoms with E-state index in [1.54, 1.807) is 18.2 Å². The second kappa shape index (κ2) is 10.4. The van der Waals surface area contributed by atoms with Crippen molar-refractivity contribution in [2.75, 3.05) is 45.3 Å². The molecule has 3 rings (SSSR count). The molecule has 31 heavy (non-hydrogen) atoms. The minimum atomic E-state index is -3.61. The lowest BCUT2D eigenvalue weighted by molar-refractivity contribution is -0.146. The van der Waals surface area contributed by atoms with Gasteiger partial charge in [-0.25, -0.2) is 8.42 Å². The zero-order valence-electron chi connectivity index (χ0n) is 16.6. The first kappa shape index (κ1) is 23.5. The number of nitrogens with zero attached hydrogens (tertiary/aromatic N) is 1. The van der Waals surface area contributed by atoms with Crippen molar-refractivity contribution in [2.24, 2.45) is 0 Å². The van der Waals surface area contributed by atoms with Crippen LogP contribution in [0.4, 0.5) is 5.69 Å². The van der Waals surface area contributed by atoms with Crippen molar-refractivity contribution in [3.05, 3.63) is 40.2 Å². The third-order valence-corrected chi connectivity index (χ3v) is 8.07. The third-order valence-electron chi connectivity index (χ3n) is 4.32. The Labute approximate surface area is 188 Å². The first-order chi connectivity index (χ1) is 14.8. The number of halogens is 1. The summed E-state index contributed by atoms with van der Waals surface area (Å²) >= 11 is 7.01. The lowest BCUT2D eigenvalue weighted by Crippen LogP contribution is -2.40. The number of hydrogen-bond donors (Lipinski definition) is 1. The molecule has 0 radical (unpaired) electrons. The third kappa shape index (κ3) is 6.17. The number of methoxy groups -OCH3 is 1. The molecule has 1 aliphatic rings. The van der Waals surface area contributed by atoms with Gasteiger partial charge >= 0.3 is 5.97 Å². The molecule has 1 amide bonds. The molecule has 2 heterocycles. The molecule has 1 N–H and O–H groups in total. The Morgan fingerprint density at radius 2 is 1.97 bits per heavy atom. The van der Waals surface area contributed by atoms with Crippen molar-refractivity contribution in [3.63, 3.8) is 0 Å². The van der Waals surface area contributed by atoms with Crippen LogP contribution in [0.1, 0.15) is 4.88 Å². The van der Waals surface area contributed by atoms with Crippen LogP contribution in [0.5, 0.6) is 5.75 Å². The van der Waals surface area contributed by atoms with Gasteiger partial charge < -0.3 is 19.5 Å². The maximum atomic E-state index is 12.6. The van der Waals surface area contributed by atoms with E-state index in [0.717, 1.165) is 11.3 Å². The fraction of sp³-hybridized carbons (Fsp3) is 0.368. The normalized spacial score (nSPS) is 14.8. The zero-order valence-corrected chi connectivity index (χ0v) is 19.0. The molecular weight excluding hydrogens is 468 g/mol. The molecule has 9 nitrogen and oxygen atoms in total. The number of carbonyl (C=O) groups is 2. The molecule has 168 valence electrons. The van der Waals surface area contributed by atoms with Gasteiger partial charge in [-0.2, -0.15) is 4.31 Å². The van der Waals surface area contributed by atoms with Gasteiger partial charge in [0.25, 0.3) is 15.9 Å². The molecule has 12 heteroatoms. The maximum absolute atomic E-state index is 12.6. The van der Waals surface area contributed by atoms with Crippen LogP contribution in [0.3, 0.4) is 0 Å². The standard InChI is InChI=1S/C19H21ClN2O7S2/c1-27-16-4-2-13(10-15(16)20)21-17(23)12-29-18(24)11-14-3-5-19(30-14)31(25,26)22-6-8-28-9-7-22/h2-5,10H,6-9,11-12H2,1H3,(H,21,23). The van der Waals surface area contributed by atoms with Gasteiger partial charge in [0.1, 0.15) is 9.96 Å². The summed E-state index contributed by atoms with van der Waals surface area (Å²) in [6.07, 6.45) is -0.134. The highest BCUT2D eigenvalue weighted by Crippen LogP contribution is 2.27. The number of amides is 1. The molecule has 1 aromatic carbocycles. The van der Waals surface area contributed by atoms with Crippen LogP contribution in [0.2, 0.25) is 5.02 Å². The minimum absolute atomic E-state index is 0.134. The summed E-state index contributed by atoms with van der Waals surface area (Å²) < 4.78 is 42.0. The lowest BCUT2D eigenvalue weighted by atomic mass is 10.3. The van der Waals surface area contributed by atoms with Crippen LogP contribution in [0.15, 0.2) is 34.5 Å². The number of morpholine rings is 1. The van der Waals surface area contributed by atoms with Crippen LogP contribution in [-0.2, 0) is 35.5 Å². The van der Waals surface area contributed by atoms with Crippen LogP contribution in [0.25, 0.3) is 0 Å². The van der Waals surface area contributed by atoms with E-state index >= 15 is 0 Å². The van der Waals surface area contributed by atoms with Gasteiger partial charge in [-0.1, -0.05) is 11.6 Å². The fourth-order valence-corrected chi connectivity index (χ4v) is 5.95. The molecular formula is C19H21ClN2O7S2. The summed E-state index contributed by atoms with van der Waals surface area (Å²) in [6, 6.07) is 7.76. The molecule has 2 aromatic rings. The predicted octanol–water partition coefficient (Wildman–Crippen LogP) is 2.16. The number of thiophene rings is 1. The maximum Gasteiger partial charge on any atom is 0.311 e. The molecule has 1 aliphatic heterocycles. The lowest BCUT2D eigenvalue weighted by Gasteiger charge is -2.25. The Kier molecular flexibility index (Phi) is 7.89. The summed E-state index contributed by atoms with van der Waals surface area (Å²) in [5, 5.41) is 2.90. The van der Waals surface area contributed by atoms with Crippen molar-refractivity contribution in [1.29, 1.82) is 0 Å². The number of anilines is 1. The van der Waals surface area contributed by atoms with Gasteiger partial charge in [-0.3, -0.25) is 9.59 Å². The topological polar surface area (TPSA) is 111 Å². The van der Waals surface area contributed by atoms with Gasteiger partial charge in [0, 0.05) is 23.7 Å². The van der Waals surface area contributed by atoms with Crippen molar-refractivity contribution in [1.82, 2.24) is 4.31 Å². The largest absolute Gasteiger partial charge is 0.495 e. The SMILES string of the molecule is COc1ccc(NC(=O)COC(=O)Cc2ccc(S(=O)(=O)N3CCOCC3)s2)cc1Cl. The second-order valence-corrected chi connectivity index (χ2v) is 10.2. The predicted molar refractivity (Wildman–Crippen MR) is 115 cm³/mol. The quantitative estimate of drug-likeness (QED) is 0.567. The average molecular weight is 489 g/mol. The Balaban J connectivity index is 1.50. The van der Waals surface area contributed by atoms with Crippen molar-refractivity contribution in [2.45, 2.75) is 10.6 Å². The highest BCUT2D eigenvalue weighted by atomic mass is 35.5. The van der Waals surface area contributed by atoms with E-state index in [0.29, 0.717) is 47.6 Å². The molecule has 0 unspecified atom stereocenters. The van der Waals surface area contributed by atoms with E-state index in [1.165, 1.54) is 23.5 Å². The Morgan fingerprint density at radius 1 is 1.23 bits per heavy atom. The first-order valence-corrected chi connectivity index (χ1v) is 11.9. The molecule has 0 aliphatic carbocycles. The van der Waals surface area contributed by atoms with E-state index in [2.05, 4.69) is 5.32 Å². The summed E-state index contributed by atoms with van der Waals surface area (Å²) in [5.74, 6) is -0.700. The number of hydrogen-bond acceptors (Lipinski definition) is 8. The zero-order chi connectivity index (χ0) is 22.4. The highest BCUT2D eigenvalue weighted by Gasteiger charge is 2.28. The first-order valence-electron chi connectivity index (χ1n) is 9.25. The van der Waals surface area contributed by atoms with Gasteiger partial charge in [0.05, 0.1) is 31.8 Å². The Bertz CT molecular complexity index is 1050. The summed E-state index contributed by atoms with van der Waals surface area (Å²) in [7, 11) is -2.13. The summed E-state index contributed by atoms with van der Waals surface area (Å²) in [5.41, 5.74) is 0.433. The van der Waals surface area contributed by atoms with E-state index < -0.39 is 28.5 Å². The number of sulfonamides is 1. The molecule has 0 atom stereocenters. The minimum Gasteiger partial charge on any atom is -0.495 e. The van der Waals surface area contributed by atoms with E-state index in [9.17, 15) is 18.0 Å². The van der Waals surface area contributed by atoms with Crippen molar-refractivity contribution < 1.29 is 32.2 Å². The second-order valence-electron chi connectivity index (χ2n) is 6.47. The Hall–Kier alpha value is -2.18. The number of rotatable bonds is 8. The van der Waals surface area contributed by atoms with Crippen LogP contribution in [0, 0.1) is 0 Å². The molecule has 1 fully saturated rings. The monoisotopic (exact) mass is 488 g/mol. The fourth-order valence-electron chi connectivity index (χ4n) is 2.79. The van der Waals surface area contributed by atoms with Crippen LogP contribution >= 0.6 is 22.9 Å². The summed E-state index contributed by atoms with van der Waals surface area (Å²) in [6.45, 7) is 0.828. The van der Waals surface area contributed by atoms with E-state index in [4.69, 9.17) is 25.8 Å². The Morgan fingerprint density at radius 3 is 2.65 bits per heavy atom. The van der Waals surface area contributed by atoms with Gasteiger partial charge in [-0.15, -0.1) is 11.3 Å². The van der Waals surface area contributed by atoms with Crippen LogP contribution in [-0.4, -0.2) is 64.6 Å². The van der Waals surface area contributed by atoms with Crippen molar-refractivity contribution in [3.8, 4) is 5.75 Å². The average Bonchev–Trinajstić information content (AvgIpc) is 3.22. The molecule has 0 bridgehead atoms.